The second kappa shape index (κ2) is 7.21. The molecule has 0 spiro atoms. The summed E-state index contributed by atoms with van der Waals surface area (Å²) in [6, 6.07) is 0.211. The zero-order valence-electron chi connectivity index (χ0n) is 12.0. The lowest BCUT2D eigenvalue weighted by Crippen LogP contribution is -2.54. The minimum atomic E-state index is -0.681. The molecular weight excluding hydrogens is 282 g/mol. The number of carbonyl (C=O) groups is 1. The average molecular weight is 303 g/mol. The molecule has 1 heterocycles. The van der Waals surface area contributed by atoms with Gasteiger partial charge in [-0.1, -0.05) is 30.0 Å². The van der Waals surface area contributed by atoms with E-state index in [9.17, 15) is 4.79 Å². The van der Waals surface area contributed by atoms with Crippen molar-refractivity contribution < 1.29 is 9.53 Å². The molecule has 0 aromatic carbocycles. The van der Waals surface area contributed by atoms with Crippen molar-refractivity contribution >= 4 is 29.1 Å². The van der Waals surface area contributed by atoms with Gasteiger partial charge < -0.3 is 4.74 Å². The Morgan fingerprint density at radius 2 is 2.26 bits per heavy atom. The van der Waals surface area contributed by atoms with Gasteiger partial charge >= 0.3 is 5.97 Å². The summed E-state index contributed by atoms with van der Waals surface area (Å²) < 4.78 is 5.84. The molecule has 0 radical (unpaired) electrons. The number of aromatic nitrogens is 2. The molecule has 0 bridgehead atoms. The van der Waals surface area contributed by atoms with Crippen LogP contribution in [-0.2, 0) is 9.53 Å². The molecule has 108 valence electrons. The predicted molar refractivity (Wildman–Crippen MR) is 78.5 cm³/mol. The lowest BCUT2D eigenvalue weighted by molar-refractivity contribution is -0.148. The van der Waals surface area contributed by atoms with E-state index in [0.29, 0.717) is 6.42 Å². The molecule has 2 atom stereocenters. The molecule has 2 unspecified atom stereocenters. The Morgan fingerprint density at radius 1 is 1.58 bits per heavy atom. The van der Waals surface area contributed by atoms with E-state index in [0.717, 1.165) is 4.34 Å². The summed E-state index contributed by atoms with van der Waals surface area (Å²) in [6.45, 7) is 8.00. The van der Waals surface area contributed by atoms with Crippen molar-refractivity contribution in [2.75, 3.05) is 7.11 Å². The topological polar surface area (TPSA) is 64.1 Å². The highest BCUT2D eigenvalue weighted by atomic mass is 32.2. The highest BCUT2D eigenvalue weighted by Gasteiger charge is 2.36. The van der Waals surface area contributed by atoms with Gasteiger partial charge in [-0.25, -0.2) is 0 Å². The van der Waals surface area contributed by atoms with Gasteiger partial charge in [0, 0.05) is 11.3 Å². The van der Waals surface area contributed by atoms with E-state index >= 15 is 0 Å². The maximum Gasteiger partial charge on any atom is 0.325 e. The summed E-state index contributed by atoms with van der Waals surface area (Å²) in [5.74, 6) is -0.231. The summed E-state index contributed by atoms with van der Waals surface area (Å²) in [7, 11) is 1.42. The number of nitrogens with zero attached hydrogens (tertiary/aromatic N) is 2. The number of hydrogen-bond donors (Lipinski definition) is 1. The molecule has 19 heavy (non-hydrogen) atoms. The maximum absolute atomic E-state index is 12.0. The second-order valence-electron chi connectivity index (χ2n) is 4.96. The summed E-state index contributed by atoms with van der Waals surface area (Å²) in [6.07, 6.45) is 0.669. The first kappa shape index (κ1) is 16.4. The second-order valence-corrected chi connectivity index (χ2v) is 7.48. The van der Waals surface area contributed by atoms with Crippen LogP contribution in [-0.4, -0.2) is 40.1 Å². The fraction of sp³-hybridized carbons (Fsp3) is 0.750. The van der Waals surface area contributed by atoms with Crippen LogP contribution in [0.4, 0.5) is 0 Å². The van der Waals surface area contributed by atoms with Crippen LogP contribution < -0.4 is 5.32 Å². The lowest BCUT2D eigenvalue weighted by Gasteiger charge is -2.32. The number of thioether (sulfide) groups is 1. The van der Waals surface area contributed by atoms with Gasteiger partial charge in [-0.2, -0.15) is 0 Å². The summed E-state index contributed by atoms with van der Waals surface area (Å²) in [5, 5.41) is 11.4. The zero-order valence-corrected chi connectivity index (χ0v) is 13.6. The number of rotatable bonds is 7. The molecule has 5 nitrogen and oxygen atoms in total. The third-order valence-corrected chi connectivity index (χ3v) is 4.49. The van der Waals surface area contributed by atoms with Crippen molar-refractivity contribution in [3.63, 3.8) is 0 Å². The van der Waals surface area contributed by atoms with Gasteiger partial charge in [0.25, 0.3) is 0 Å². The summed E-state index contributed by atoms with van der Waals surface area (Å²) in [4.78, 5) is 12.0. The van der Waals surface area contributed by atoms with Gasteiger partial charge in [-0.05, 0) is 27.2 Å². The maximum atomic E-state index is 12.0. The Balaban J connectivity index is 2.68. The first-order valence-electron chi connectivity index (χ1n) is 6.16. The average Bonchev–Trinajstić information content (AvgIpc) is 2.78. The quantitative estimate of drug-likeness (QED) is 0.616. The number of methoxy groups -OCH3 is 1. The number of nitrogens with one attached hydrogen (secondary N) is 1. The largest absolute Gasteiger partial charge is 0.468 e. The molecule has 0 amide bonds. The van der Waals surface area contributed by atoms with Crippen LogP contribution in [0.3, 0.4) is 0 Å². The molecule has 7 heteroatoms. The molecule has 1 aromatic rings. The Bertz CT molecular complexity index is 398. The van der Waals surface area contributed by atoms with Gasteiger partial charge in [0.05, 0.1) is 7.11 Å². The highest BCUT2D eigenvalue weighted by molar-refractivity contribution is 8.01. The predicted octanol–water partition coefficient (Wildman–Crippen LogP) is 2.34. The van der Waals surface area contributed by atoms with Crippen molar-refractivity contribution in [3.8, 4) is 0 Å². The smallest absolute Gasteiger partial charge is 0.325 e. The molecule has 0 aliphatic rings. The molecule has 1 aromatic heterocycles. The van der Waals surface area contributed by atoms with Crippen molar-refractivity contribution in [1.82, 2.24) is 15.5 Å². The Labute approximate surface area is 122 Å². The van der Waals surface area contributed by atoms with Crippen LogP contribution in [0.15, 0.2) is 9.85 Å². The molecule has 0 aliphatic carbocycles. The molecule has 0 saturated heterocycles. The van der Waals surface area contributed by atoms with E-state index in [1.807, 2.05) is 20.8 Å². The van der Waals surface area contributed by atoms with Gasteiger partial charge in [0.1, 0.15) is 11.0 Å². The van der Waals surface area contributed by atoms with Crippen LogP contribution in [0.5, 0.6) is 0 Å². The van der Waals surface area contributed by atoms with Gasteiger partial charge in [-0.15, -0.1) is 10.2 Å². The first-order chi connectivity index (χ1) is 8.87. The normalized spacial score (nSPS) is 16.1. The van der Waals surface area contributed by atoms with Gasteiger partial charge in [-0.3, -0.25) is 10.1 Å². The van der Waals surface area contributed by atoms with Crippen LogP contribution in [0.25, 0.3) is 0 Å². The van der Waals surface area contributed by atoms with E-state index in [1.165, 1.54) is 18.4 Å². The highest BCUT2D eigenvalue weighted by Crippen LogP contribution is 2.30. The SMILES string of the molecule is COC(=O)C(C)(CC(C)Sc1nncs1)NC(C)C. The van der Waals surface area contributed by atoms with Crippen molar-refractivity contribution in [1.29, 1.82) is 0 Å². The molecule has 1 N–H and O–H groups in total. The minimum Gasteiger partial charge on any atom is -0.468 e. The Hall–Kier alpha value is -0.660. The van der Waals surface area contributed by atoms with Crippen LogP contribution in [0.1, 0.15) is 34.1 Å². The standard InChI is InChI=1S/C12H21N3O2S2/c1-8(2)14-12(4,10(16)17-5)6-9(3)19-11-15-13-7-18-11/h7-9,14H,6H2,1-5H3. The van der Waals surface area contributed by atoms with Crippen molar-refractivity contribution in [2.24, 2.45) is 0 Å². The minimum absolute atomic E-state index is 0.211. The summed E-state index contributed by atoms with van der Waals surface area (Å²) in [5.41, 5.74) is 1.03. The zero-order chi connectivity index (χ0) is 14.5. The number of hydrogen-bond acceptors (Lipinski definition) is 7. The monoisotopic (exact) mass is 303 g/mol. The number of ether oxygens (including phenoxy) is 1. The molecule has 0 aliphatic heterocycles. The third kappa shape index (κ3) is 5.08. The Morgan fingerprint density at radius 3 is 2.74 bits per heavy atom. The Kier molecular flexibility index (Phi) is 6.22. The molecule has 1 rings (SSSR count). The van der Waals surface area contributed by atoms with Crippen molar-refractivity contribution in [3.05, 3.63) is 5.51 Å². The molecule has 0 fully saturated rings. The van der Waals surface area contributed by atoms with Crippen LogP contribution >= 0.6 is 23.1 Å². The van der Waals surface area contributed by atoms with E-state index in [4.69, 9.17) is 4.74 Å². The van der Waals surface area contributed by atoms with E-state index < -0.39 is 5.54 Å². The van der Waals surface area contributed by atoms with Crippen molar-refractivity contribution in [2.45, 2.75) is 55.3 Å². The van der Waals surface area contributed by atoms with Crippen LogP contribution in [0, 0.1) is 0 Å². The molecular formula is C12H21N3O2S2. The van der Waals surface area contributed by atoms with Gasteiger partial charge in [0.15, 0.2) is 4.34 Å². The van der Waals surface area contributed by atoms with E-state index in [-0.39, 0.29) is 17.3 Å². The lowest BCUT2D eigenvalue weighted by atomic mass is 9.95. The molecule has 0 saturated carbocycles. The fourth-order valence-corrected chi connectivity index (χ4v) is 4.04. The third-order valence-electron chi connectivity index (χ3n) is 2.58. The first-order valence-corrected chi connectivity index (χ1v) is 7.92. The number of carbonyl (C=O) groups excluding carboxylic acids is 1. The van der Waals surface area contributed by atoms with Gasteiger partial charge in [0.2, 0.25) is 0 Å². The number of esters is 1. The van der Waals surface area contributed by atoms with Crippen LogP contribution in [0.2, 0.25) is 0 Å². The van der Waals surface area contributed by atoms with E-state index in [2.05, 4.69) is 22.4 Å². The summed E-state index contributed by atoms with van der Waals surface area (Å²) >= 11 is 3.14. The van der Waals surface area contributed by atoms with E-state index in [1.54, 1.807) is 17.3 Å². The fourth-order valence-electron chi connectivity index (χ4n) is 2.07.